The van der Waals surface area contributed by atoms with Crippen molar-refractivity contribution in [3.8, 4) is 0 Å². The van der Waals surface area contributed by atoms with Gasteiger partial charge in [-0.15, -0.1) is 0 Å². The van der Waals surface area contributed by atoms with Crippen LogP contribution in [0.4, 0.5) is 23.2 Å². The number of alkyl halides is 3. The van der Waals surface area contributed by atoms with Crippen molar-refractivity contribution in [1.29, 1.82) is 0 Å². The SMILES string of the molecule is O=S(=O)(NCC(F)(F)F)Nc1c(Cl)cc(F)cc1Br. The zero-order valence-corrected chi connectivity index (χ0v) is 12.0. The second-order valence-corrected chi connectivity index (χ2v) is 6.05. The van der Waals surface area contributed by atoms with Gasteiger partial charge in [-0.3, -0.25) is 4.72 Å². The van der Waals surface area contributed by atoms with Crippen LogP contribution >= 0.6 is 27.5 Å². The van der Waals surface area contributed by atoms with Crippen molar-refractivity contribution < 1.29 is 26.0 Å². The van der Waals surface area contributed by atoms with Crippen molar-refractivity contribution in [2.45, 2.75) is 6.18 Å². The minimum Gasteiger partial charge on any atom is -0.268 e. The maximum Gasteiger partial charge on any atom is 0.402 e. The van der Waals surface area contributed by atoms with E-state index in [4.69, 9.17) is 11.6 Å². The van der Waals surface area contributed by atoms with Gasteiger partial charge >= 0.3 is 6.18 Å². The fourth-order valence-corrected chi connectivity index (χ4v) is 2.99. The Morgan fingerprint density at radius 1 is 1.32 bits per heavy atom. The maximum absolute atomic E-state index is 12.9. The Balaban J connectivity index is 2.90. The lowest BCUT2D eigenvalue weighted by Gasteiger charge is -2.13. The van der Waals surface area contributed by atoms with Crippen molar-refractivity contribution in [2.75, 3.05) is 11.3 Å². The molecule has 0 bridgehead atoms. The molecule has 0 aromatic heterocycles. The molecule has 0 spiro atoms. The zero-order chi connectivity index (χ0) is 14.8. The fraction of sp³-hybridized carbons (Fsp3) is 0.250. The molecular weight excluding hydrogens is 380 g/mol. The highest BCUT2D eigenvalue weighted by molar-refractivity contribution is 9.10. The first kappa shape index (κ1) is 16.5. The van der Waals surface area contributed by atoms with Gasteiger partial charge < -0.3 is 0 Å². The summed E-state index contributed by atoms with van der Waals surface area (Å²) in [7, 11) is -4.48. The summed E-state index contributed by atoms with van der Waals surface area (Å²) in [4.78, 5) is 0. The second kappa shape index (κ2) is 5.81. The number of anilines is 1. The summed E-state index contributed by atoms with van der Waals surface area (Å²) in [6.45, 7) is -1.74. The van der Waals surface area contributed by atoms with Crippen LogP contribution in [0.3, 0.4) is 0 Å². The maximum atomic E-state index is 12.9. The molecule has 0 unspecified atom stereocenters. The van der Waals surface area contributed by atoms with Gasteiger partial charge in [0.05, 0.1) is 10.7 Å². The van der Waals surface area contributed by atoms with E-state index in [0.29, 0.717) is 0 Å². The monoisotopic (exact) mass is 384 g/mol. The van der Waals surface area contributed by atoms with E-state index in [2.05, 4.69) is 15.9 Å². The summed E-state index contributed by atoms with van der Waals surface area (Å²) in [6, 6.07) is 1.72. The summed E-state index contributed by atoms with van der Waals surface area (Å²) in [5.74, 6) is -0.733. The molecule has 0 radical (unpaired) electrons. The normalized spacial score (nSPS) is 12.5. The number of hydrogen-bond donors (Lipinski definition) is 2. The predicted molar refractivity (Wildman–Crippen MR) is 65.7 cm³/mol. The highest BCUT2D eigenvalue weighted by atomic mass is 79.9. The van der Waals surface area contributed by atoms with E-state index >= 15 is 0 Å². The van der Waals surface area contributed by atoms with Gasteiger partial charge in [0, 0.05) is 4.47 Å². The van der Waals surface area contributed by atoms with Crippen molar-refractivity contribution >= 4 is 43.4 Å². The first-order valence-corrected chi connectivity index (χ1v) is 7.14. The number of rotatable bonds is 4. The molecule has 4 nitrogen and oxygen atoms in total. The molecule has 0 aliphatic carbocycles. The van der Waals surface area contributed by atoms with Crippen LogP contribution in [0.5, 0.6) is 0 Å². The molecule has 0 heterocycles. The second-order valence-electron chi connectivity index (χ2n) is 3.29. The Kier molecular flexibility index (Phi) is 5.04. The Bertz CT molecular complexity index is 556. The average Bonchev–Trinajstić information content (AvgIpc) is 2.20. The Morgan fingerprint density at radius 2 is 1.89 bits per heavy atom. The van der Waals surface area contributed by atoms with Crippen molar-refractivity contribution in [3.05, 3.63) is 27.4 Å². The zero-order valence-electron chi connectivity index (χ0n) is 8.85. The van der Waals surface area contributed by atoms with E-state index < -0.39 is 28.7 Å². The first-order valence-electron chi connectivity index (χ1n) is 4.49. The minimum absolute atomic E-state index is 0.0464. The van der Waals surface area contributed by atoms with Gasteiger partial charge in [0.25, 0.3) is 10.2 Å². The number of hydrogen-bond acceptors (Lipinski definition) is 2. The van der Waals surface area contributed by atoms with Crippen LogP contribution in [0.25, 0.3) is 0 Å². The molecule has 2 N–H and O–H groups in total. The summed E-state index contributed by atoms with van der Waals surface area (Å²) >= 11 is 8.42. The molecule has 1 aromatic rings. The van der Waals surface area contributed by atoms with E-state index in [0.717, 1.165) is 12.1 Å². The van der Waals surface area contributed by atoms with Gasteiger partial charge in [0.15, 0.2) is 0 Å². The molecular formula is C8H6BrClF4N2O2S. The smallest absolute Gasteiger partial charge is 0.268 e. The lowest BCUT2D eigenvalue weighted by Crippen LogP contribution is -2.37. The highest BCUT2D eigenvalue weighted by Gasteiger charge is 2.29. The van der Waals surface area contributed by atoms with E-state index in [1.54, 1.807) is 4.72 Å². The number of nitrogens with one attached hydrogen (secondary N) is 2. The van der Waals surface area contributed by atoms with Crippen LogP contribution < -0.4 is 9.44 Å². The van der Waals surface area contributed by atoms with Gasteiger partial charge in [0.1, 0.15) is 12.4 Å². The lowest BCUT2D eigenvalue weighted by atomic mass is 10.3. The van der Waals surface area contributed by atoms with Crippen LogP contribution in [0.1, 0.15) is 0 Å². The molecule has 0 saturated carbocycles. The average molecular weight is 386 g/mol. The quantitative estimate of drug-likeness (QED) is 0.783. The first-order chi connectivity index (χ1) is 8.50. The van der Waals surface area contributed by atoms with E-state index in [1.165, 1.54) is 4.72 Å². The molecule has 1 aromatic carbocycles. The van der Waals surface area contributed by atoms with Crippen molar-refractivity contribution in [1.82, 2.24) is 4.72 Å². The summed E-state index contributed by atoms with van der Waals surface area (Å²) in [6.07, 6.45) is -4.70. The van der Waals surface area contributed by atoms with E-state index in [9.17, 15) is 26.0 Å². The third kappa shape index (κ3) is 5.51. The van der Waals surface area contributed by atoms with Crippen LogP contribution in [0, 0.1) is 5.82 Å². The third-order valence-corrected chi connectivity index (χ3v) is 3.63. The lowest BCUT2D eigenvalue weighted by molar-refractivity contribution is -0.121. The fourth-order valence-electron chi connectivity index (χ4n) is 0.987. The molecule has 0 fully saturated rings. The van der Waals surface area contributed by atoms with Crippen molar-refractivity contribution in [3.63, 3.8) is 0 Å². The van der Waals surface area contributed by atoms with Gasteiger partial charge in [-0.1, -0.05) is 11.6 Å². The molecule has 0 saturated heterocycles. The van der Waals surface area contributed by atoms with E-state index in [-0.39, 0.29) is 15.2 Å². The molecule has 0 aliphatic heterocycles. The number of benzene rings is 1. The topological polar surface area (TPSA) is 58.2 Å². The minimum atomic E-state index is -4.70. The number of halogens is 6. The molecule has 0 amide bonds. The summed E-state index contributed by atoms with van der Waals surface area (Å²) < 4.78 is 74.3. The van der Waals surface area contributed by atoms with Gasteiger partial charge in [-0.2, -0.15) is 26.3 Å². The molecule has 0 atom stereocenters. The molecule has 11 heteroatoms. The molecule has 108 valence electrons. The van der Waals surface area contributed by atoms with Crippen LogP contribution in [-0.2, 0) is 10.2 Å². The van der Waals surface area contributed by atoms with Crippen LogP contribution in [0.15, 0.2) is 16.6 Å². The largest absolute Gasteiger partial charge is 0.402 e. The summed E-state index contributed by atoms with van der Waals surface area (Å²) in [5.41, 5.74) is -0.266. The van der Waals surface area contributed by atoms with Gasteiger partial charge in [-0.05, 0) is 28.1 Å². The standard InChI is InChI=1S/C8H6BrClF4N2O2S/c9-5-1-4(11)2-6(10)7(5)16-19(17,18)15-3-8(12,13)14/h1-2,15-16H,3H2. The molecule has 0 aliphatic rings. The molecule has 19 heavy (non-hydrogen) atoms. The molecule has 1 rings (SSSR count). The summed E-state index contributed by atoms with van der Waals surface area (Å²) in [5, 5.41) is -0.302. The van der Waals surface area contributed by atoms with Crippen molar-refractivity contribution in [2.24, 2.45) is 0 Å². The van der Waals surface area contributed by atoms with Crippen LogP contribution in [-0.4, -0.2) is 21.1 Å². The van der Waals surface area contributed by atoms with E-state index in [1.807, 2.05) is 0 Å². The Labute approximate surface area is 119 Å². The third-order valence-electron chi connectivity index (χ3n) is 1.71. The van der Waals surface area contributed by atoms with Gasteiger partial charge in [-0.25, -0.2) is 4.39 Å². The highest BCUT2D eigenvalue weighted by Crippen LogP contribution is 2.32. The van der Waals surface area contributed by atoms with Gasteiger partial charge in [0.2, 0.25) is 0 Å². The Morgan fingerprint density at radius 3 is 2.37 bits per heavy atom. The Hall–Kier alpha value is -0.580. The van der Waals surface area contributed by atoms with Crippen LogP contribution in [0.2, 0.25) is 5.02 Å². The predicted octanol–water partition coefficient (Wildman–Crippen LogP) is 3.05.